The summed E-state index contributed by atoms with van der Waals surface area (Å²) in [5.74, 6) is -2.04. The Morgan fingerprint density at radius 2 is 1.75 bits per heavy atom. The van der Waals surface area contributed by atoms with Crippen LogP contribution < -0.4 is 10.9 Å². The lowest BCUT2D eigenvalue weighted by Crippen LogP contribution is -2.42. The first-order valence-electron chi connectivity index (χ1n) is 8.52. The molecule has 0 radical (unpaired) electrons. The number of benzene rings is 1. The number of hydrogen-bond acceptors (Lipinski definition) is 5. The molecule has 0 saturated heterocycles. The van der Waals surface area contributed by atoms with Gasteiger partial charge < -0.3 is 14.5 Å². The predicted octanol–water partition coefficient (Wildman–Crippen LogP) is 1.58. The third-order valence-corrected chi connectivity index (χ3v) is 3.98. The molecule has 0 spiro atoms. The van der Waals surface area contributed by atoms with Crippen LogP contribution in [0.4, 0.5) is 4.39 Å². The number of H-pyrrole nitrogens is 1. The van der Waals surface area contributed by atoms with E-state index in [2.05, 4.69) is 15.8 Å². The zero-order chi connectivity index (χ0) is 20.7. The van der Waals surface area contributed by atoms with Gasteiger partial charge in [0.15, 0.2) is 0 Å². The summed E-state index contributed by atoms with van der Waals surface area (Å²) in [6, 6.07) is 5.46. The van der Waals surface area contributed by atoms with Crippen molar-refractivity contribution in [2.75, 3.05) is 20.3 Å². The molecule has 2 amide bonds. The smallest absolute Gasteiger partial charge is 0.340 e. The van der Waals surface area contributed by atoms with Crippen LogP contribution >= 0.6 is 0 Å². The van der Waals surface area contributed by atoms with Crippen molar-refractivity contribution in [2.45, 2.75) is 20.3 Å². The van der Waals surface area contributed by atoms with Gasteiger partial charge in [0.25, 0.3) is 5.91 Å². The number of halogens is 1. The van der Waals surface area contributed by atoms with Crippen molar-refractivity contribution in [3.8, 4) is 0 Å². The minimum absolute atomic E-state index is 0.0274. The van der Waals surface area contributed by atoms with Crippen LogP contribution in [0.25, 0.3) is 0 Å². The van der Waals surface area contributed by atoms with Gasteiger partial charge in [0, 0.05) is 12.8 Å². The van der Waals surface area contributed by atoms with Gasteiger partial charge in [0.05, 0.1) is 18.6 Å². The van der Waals surface area contributed by atoms with Crippen LogP contribution in [0.5, 0.6) is 0 Å². The Morgan fingerprint density at radius 1 is 1.07 bits per heavy atom. The van der Waals surface area contributed by atoms with Crippen LogP contribution in [0.1, 0.15) is 37.7 Å². The maximum atomic E-state index is 12.9. The van der Waals surface area contributed by atoms with Crippen molar-refractivity contribution >= 4 is 17.8 Å². The Hall–Kier alpha value is -3.20. The van der Waals surface area contributed by atoms with Crippen LogP contribution in [0.2, 0.25) is 0 Å². The molecule has 8 nitrogen and oxygen atoms in total. The predicted molar refractivity (Wildman–Crippen MR) is 98.1 cm³/mol. The molecule has 0 unspecified atom stereocenters. The molecule has 0 aliphatic heterocycles. The number of amides is 2. The fourth-order valence-corrected chi connectivity index (χ4v) is 2.59. The zero-order valence-electron chi connectivity index (χ0n) is 15.8. The number of carbonyl (C=O) groups is 3. The number of ether oxygens (including phenoxy) is 2. The number of nitrogens with one attached hydrogen (secondary N) is 3. The standard InChI is InChI=1S/C19H22FN3O5/c1-11-16(19(26)28-9-8-27-3)12(2)21-17(11)18(25)23-22-15(24)10-13-4-6-14(20)7-5-13/h4-7,21H,8-10H2,1-3H3,(H,22,24)(H,23,25). The molecule has 1 aromatic heterocycles. The molecular weight excluding hydrogens is 369 g/mol. The summed E-state index contributed by atoms with van der Waals surface area (Å²) in [6.07, 6.45) is -0.0274. The number of methoxy groups -OCH3 is 1. The molecule has 1 aromatic carbocycles. The van der Waals surface area contributed by atoms with E-state index >= 15 is 0 Å². The van der Waals surface area contributed by atoms with Crippen molar-refractivity contribution in [1.29, 1.82) is 0 Å². The van der Waals surface area contributed by atoms with Crippen LogP contribution in [-0.4, -0.2) is 43.1 Å². The largest absolute Gasteiger partial charge is 0.460 e. The van der Waals surface area contributed by atoms with E-state index in [4.69, 9.17) is 9.47 Å². The number of aromatic amines is 1. The summed E-state index contributed by atoms with van der Waals surface area (Å²) < 4.78 is 22.8. The quantitative estimate of drug-likeness (QED) is 0.377. The topological polar surface area (TPSA) is 110 Å². The Balaban J connectivity index is 1.96. The highest BCUT2D eigenvalue weighted by Crippen LogP contribution is 2.19. The van der Waals surface area contributed by atoms with Crippen LogP contribution in [0.15, 0.2) is 24.3 Å². The van der Waals surface area contributed by atoms with Crippen molar-refractivity contribution in [2.24, 2.45) is 0 Å². The number of hydrazine groups is 1. The van der Waals surface area contributed by atoms with Crippen molar-refractivity contribution < 1.29 is 28.2 Å². The van der Waals surface area contributed by atoms with Gasteiger partial charge in [-0.3, -0.25) is 20.4 Å². The average molecular weight is 391 g/mol. The van der Waals surface area contributed by atoms with Gasteiger partial charge in [0.2, 0.25) is 5.91 Å². The number of aromatic nitrogens is 1. The number of rotatable bonds is 7. The minimum Gasteiger partial charge on any atom is -0.460 e. The molecule has 0 atom stereocenters. The summed E-state index contributed by atoms with van der Waals surface area (Å²) in [4.78, 5) is 39.3. The van der Waals surface area contributed by atoms with E-state index < -0.39 is 23.6 Å². The average Bonchev–Trinajstić information content (AvgIpc) is 2.96. The lowest BCUT2D eigenvalue weighted by atomic mass is 10.1. The number of aryl methyl sites for hydroxylation is 1. The number of carbonyl (C=O) groups excluding carboxylic acids is 3. The van der Waals surface area contributed by atoms with E-state index in [0.29, 0.717) is 16.8 Å². The third kappa shape index (κ3) is 5.40. The van der Waals surface area contributed by atoms with E-state index in [1.807, 2.05) is 0 Å². The Kier molecular flexibility index (Phi) is 7.28. The molecule has 3 N–H and O–H groups in total. The second-order valence-electron chi connectivity index (χ2n) is 6.06. The van der Waals surface area contributed by atoms with Crippen molar-refractivity contribution in [1.82, 2.24) is 15.8 Å². The van der Waals surface area contributed by atoms with E-state index in [9.17, 15) is 18.8 Å². The van der Waals surface area contributed by atoms with E-state index in [1.54, 1.807) is 13.8 Å². The molecule has 0 bridgehead atoms. The maximum absolute atomic E-state index is 12.9. The summed E-state index contributed by atoms with van der Waals surface area (Å²) in [5.41, 5.74) is 6.45. The van der Waals surface area contributed by atoms with E-state index in [0.717, 1.165) is 0 Å². The molecule has 0 aliphatic carbocycles. The Morgan fingerprint density at radius 3 is 2.39 bits per heavy atom. The molecule has 1 heterocycles. The van der Waals surface area contributed by atoms with Gasteiger partial charge in [-0.2, -0.15) is 0 Å². The molecule has 9 heteroatoms. The van der Waals surface area contributed by atoms with Crippen LogP contribution in [-0.2, 0) is 20.7 Å². The van der Waals surface area contributed by atoms with Crippen LogP contribution in [0.3, 0.4) is 0 Å². The molecule has 0 fully saturated rings. The van der Waals surface area contributed by atoms with E-state index in [-0.39, 0.29) is 30.9 Å². The number of hydrogen-bond donors (Lipinski definition) is 3. The van der Waals surface area contributed by atoms with Crippen molar-refractivity contribution in [3.63, 3.8) is 0 Å². The first-order valence-corrected chi connectivity index (χ1v) is 8.52. The molecular formula is C19H22FN3O5. The Labute approximate surface area is 161 Å². The van der Waals surface area contributed by atoms with Gasteiger partial charge in [-0.15, -0.1) is 0 Å². The normalized spacial score (nSPS) is 10.4. The second kappa shape index (κ2) is 9.65. The summed E-state index contributed by atoms with van der Waals surface area (Å²) in [6.45, 7) is 3.61. The molecule has 2 aromatic rings. The summed E-state index contributed by atoms with van der Waals surface area (Å²) >= 11 is 0. The highest BCUT2D eigenvalue weighted by Gasteiger charge is 2.23. The summed E-state index contributed by atoms with van der Waals surface area (Å²) in [5, 5.41) is 0. The highest BCUT2D eigenvalue weighted by atomic mass is 19.1. The Bertz CT molecular complexity index is 861. The molecule has 0 saturated carbocycles. The highest BCUT2D eigenvalue weighted by molar-refractivity contribution is 6.01. The SMILES string of the molecule is COCCOC(=O)c1c(C)[nH]c(C(=O)NNC(=O)Cc2ccc(F)cc2)c1C. The van der Waals surface area contributed by atoms with Gasteiger partial charge >= 0.3 is 5.97 Å². The maximum Gasteiger partial charge on any atom is 0.340 e. The van der Waals surface area contributed by atoms with Gasteiger partial charge in [-0.25, -0.2) is 9.18 Å². The monoisotopic (exact) mass is 391 g/mol. The second-order valence-corrected chi connectivity index (χ2v) is 6.06. The molecule has 0 aliphatic rings. The first-order chi connectivity index (χ1) is 13.3. The van der Waals surface area contributed by atoms with Gasteiger partial charge in [0.1, 0.15) is 18.1 Å². The molecule has 28 heavy (non-hydrogen) atoms. The van der Waals surface area contributed by atoms with Crippen LogP contribution in [0, 0.1) is 19.7 Å². The first kappa shape index (κ1) is 21.1. The zero-order valence-corrected chi connectivity index (χ0v) is 15.8. The van der Waals surface area contributed by atoms with Gasteiger partial charge in [-0.1, -0.05) is 12.1 Å². The molecule has 150 valence electrons. The summed E-state index contributed by atoms with van der Waals surface area (Å²) in [7, 11) is 1.49. The lowest BCUT2D eigenvalue weighted by Gasteiger charge is -2.08. The minimum atomic E-state index is -0.607. The van der Waals surface area contributed by atoms with Crippen molar-refractivity contribution in [3.05, 3.63) is 58.2 Å². The van der Waals surface area contributed by atoms with E-state index in [1.165, 1.54) is 31.4 Å². The van der Waals surface area contributed by atoms with Gasteiger partial charge in [-0.05, 0) is 37.1 Å². The fraction of sp³-hybridized carbons (Fsp3) is 0.316. The lowest BCUT2D eigenvalue weighted by molar-refractivity contribution is -0.121. The number of esters is 1. The molecule has 2 rings (SSSR count). The third-order valence-electron chi connectivity index (χ3n) is 3.98. The fourth-order valence-electron chi connectivity index (χ4n) is 2.59.